The fourth-order valence-corrected chi connectivity index (χ4v) is 1.38. The van der Waals surface area contributed by atoms with Crippen LogP contribution in [-0.2, 0) is 13.8 Å². The summed E-state index contributed by atoms with van der Waals surface area (Å²) in [5.41, 5.74) is -0.00697. The molecule has 8 nitrogen and oxygen atoms in total. The summed E-state index contributed by atoms with van der Waals surface area (Å²) in [4.78, 5) is 20.0. The molecule has 0 amide bonds. The zero-order valence-corrected chi connectivity index (χ0v) is 10.8. The number of benzene rings is 1. The van der Waals surface area contributed by atoms with Crippen molar-refractivity contribution < 1.29 is 28.4 Å². The average molecular weight is 289 g/mol. The van der Waals surface area contributed by atoms with E-state index in [1.165, 1.54) is 24.3 Å². The van der Waals surface area contributed by atoms with E-state index < -0.39 is 13.2 Å². The van der Waals surface area contributed by atoms with Crippen LogP contribution in [0.15, 0.2) is 24.3 Å². The first-order valence-electron chi connectivity index (χ1n) is 5.32. The molecule has 0 N–H and O–H groups in total. The van der Waals surface area contributed by atoms with Crippen LogP contribution >= 0.6 is 8.25 Å². The first-order valence-corrected chi connectivity index (χ1v) is 6.41. The van der Waals surface area contributed by atoms with Crippen LogP contribution in [0.25, 0.3) is 0 Å². The molecule has 9 heteroatoms. The maximum absolute atomic E-state index is 10.4. The van der Waals surface area contributed by atoms with Crippen LogP contribution in [0.1, 0.15) is 0 Å². The lowest BCUT2D eigenvalue weighted by atomic mass is 10.3. The third-order valence-electron chi connectivity index (χ3n) is 1.97. The van der Waals surface area contributed by atoms with Crippen molar-refractivity contribution in [3.8, 4) is 5.75 Å². The van der Waals surface area contributed by atoms with Gasteiger partial charge >= 0.3 is 8.25 Å². The van der Waals surface area contributed by atoms with E-state index >= 15 is 0 Å². The summed E-state index contributed by atoms with van der Waals surface area (Å²) in [5.74, 6) is 0.494. The molecule has 1 unspecified atom stereocenters. The lowest BCUT2D eigenvalue weighted by molar-refractivity contribution is -0.384. The van der Waals surface area contributed by atoms with Gasteiger partial charge in [-0.1, -0.05) is 0 Å². The minimum Gasteiger partial charge on any atom is -0.566 e. The smallest absolute Gasteiger partial charge is 0.488 e. The third-order valence-corrected chi connectivity index (χ3v) is 2.36. The van der Waals surface area contributed by atoms with Crippen LogP contribution in [0.5, 0.6) is 5.75 Å². The zero-order chi connectivity index (χ0) is 14.1. The molecule has 1 aromatic rings. The standard InChI is InChI=1S/C10H12NO7P/c12-11(13)9-1-3-10(4-2-9)17-7-5-16-6-8-18-19(14)15/h1-4H,5-8H2. The fraction of sp³-hybridized carbons (Fsp3) is 0.400. The number of nitro benzene ring substituents is 1. The van der Waals surface area contributed by atoms with Gasteiger partial charge in [0, 0.05) is 12.1 Å². The van der Waals surface area contributed by atoms with Crippen LogP contribution < -0.4 is 9.63 Å². The van der Waals surface area contributed by atoms with Crippen molar-refractivity contribution in [3.63, 3.8) is 0 Å². The Kier molecular flexibility index (Phi) is 6.91. The first kappa shape index (κ1) is 15.5. The summed E-state index contributed by atoms with van der Waals surface area (Å²) in [6, 6.07) is 5.66. The Hall–Kier alpha value is -1.60. The van der Waals surface area contributed by atoms with Crippen molar-refractivity contribution in [2.45, 2.75) is 0 Å². The molecule has 0 saturated heterocycles. The van der Waals surface area contributed by atoms with E-state index in [-0.39, 0.29) is 32.1 Å². The normalized spacial score (nSPS) is 11.1. The van der Waals surface area contributed by atoms with Crippen molar-refractivity contribution in [1.82, 2.24) is 0 Å². The van der Waals surface area contributed by atoms with Gasteiger partial charge in [0.15, 0.2) is 0 Å². The van der Waals surface area contributed by atoms with Crippen LogP contribution in [-0.4, -0.2) is 31.4 Å². The minimum atomic E-state index is -2.84. The van der Waals surface area contributed by atoms with E-state index in [2.05, 4.69) is 4.52 Å². The predicted molar refractivity (Wildman–Crippen MR) is 63.0 cm³/mol. The lowest BCUT2D eigenvalue weighted by Gasteiger charge is -2.06. The lowest BCUT2D eigenvalue weighted by Crippen LogP contribution is -2.10. The second-order valence-corrected chi connectivity index (χ2v) is 3.97. The molecule has 0 aliphatic carbocycles. The molecule has 1 aromatic carbocycles. The van der Waals surface area contributed by atoms with E-state index in [1.807, 2.05) is 0 Å². The highest BCUT2D eigenvalue weighted by molar-refractivity contribution is 7.30. The summed E-state index contributed by atoms with van der Waals surface area (Å²) in [5, 5.41) is 10.4. The van der Waals surface area contributed by atoms with Gasteiger partial charge < -0.3 is 14.4 Å². The second kappa shape index (κ2) is 8.49. The quantitative estimate of drug-likeness (QED) is 0.289. The Morgan fingerprint density at radius 2 is 1.74 bits per heavy atom. The highest BCUT2D eigenvalue weighted by Crippen LogP contribution is 2.17. The van der Waals surface area contributed by atoms with Gasteiger partial charge in [0.2, 0.25) is 0 Å². The summed E-state index contributed by atoms with van der Waals surface area (Å²) >= 11 is 0. The topological polar surface area (TPSA) is 111 Å². The highest BCUT2D eigenvalue weighted by Gasteiger charge is 2.04. The number of nitrogens with zero attached hydrogens (tertiary/aromatic N) is 1. The Bertz CT molecular complexity index is 422. The van der Waals surface area contributed by atoms with E-state index in [0.29, 0.717) is 5.75 Å². The average Bonchev–Trinajstić information content (AvgIpc) is 2.38. The maximum Gasteiger partial charge on any atom is 0.488 e. The molecule has 0 heterocycles. The summed E-state index contributed by atoms with van der Waals surface area (Å²) < 4.78 is 24.6. The molecule has 0 aromatic heterocycles. The van der Waals surface area contributed by atoms with Crippen molar-refractivity contribution in [1.29, 1.82) is 0 Å². The van der Waals surface area contributed by atoms with Crippen LogP contribution in [0.4, 0.5) is 5.69 Å². The van der Waals surface area contributed by atoms with Gasteiger partial charge in [0.25, 0.3) is 5.69 Å². The SMILES string of the molecule is O=[N+]([O-])c1ccc(OCCOCCO[P+](=O)[O-])cc1. The van der Waals surface area contributed by atoms with E-state index in [4.69, 9.17) is 9.47 Å². The number of ether oxygens (including phenoxy) is 2. The van der Waals surface area contributed by atoms with Crippen molar-refractivity contribution in [2.75, 3.05) is 26.4 Å². The molecule has 0 fully saturated rings. The molecule has 1 rings (SSSR count). The molecular formula is C10H12NO7P. The predicted octanol–water partition coefficient (Wildman–Crippen LogP) is 1.02. The Labute approximate surface area is 110 Å². The highest BCUT2D eigenvalue weighted by atomic mass is 31.1. The largest absolute Gasteiger partial charge is 0.566 e. The van der Waals surface area contributed by atoms with E-state index in [1.54, 1.807) is 0 Å². The number of rotatable bonds is 9. The molecule has 0 aliphatic rings. The number of nitro groups is 1. The molecule has 0 saturated carbocycles. The fourth-order valence-electron chi connectivity index (χ4n) is 1.16. The molecule has 0 radical (unpaired) electrons. The van der Waals surface area contributed by atoms with Gasteiger partial charge in [-0.2, -0.15) is 0 Å². The van der Waals surface area contributed by atoms with Crippen molar-refractivity contribution in [3.05, 3.63) is 34.4 Å². The van der Waals surface area contributed by atoms with E-state index in [9.17, 15) is 19.6 Å². The molecule has 19 heavy (non-hydrogen) atoms. The van der Waals surface area contributed by atoms with Gasteiger partial charge in [0.05, 0.1) is 18.1 Å². The van der Waals surface area contributed by atoms with Crippen LogP contribution in [0.2, 0.25) is 0 Å². The molecular weight excluding hydrogens is 277 g/mol. The molecule has 0 aliphatic heterocycles. The van der Waals surface area contributed by atoms with Gasteiger partial charge in [-0.3, -0.25) is 10.1 Å². The molecule has 0 bridgehead atoms. The molecule has 104 valence electrons. The van der Waals surface area contributed by atoms with Gasteiger partial charge in [-0.05, 0) is 16.7 Å². The van der Waals surface area contributed by atoms with Gasteiger partial charge in [-0.15, -0.1) is 4.52 Å². The summed E-state index contributed by atoms with van der Waals surface area (Å²) in [6.45, 7) is 0.625. The number of non-ortho nitro benzene ring substituents is 1. The summed E-state index contributed by atoms with van der Waals surface area (Å²) in [6.07, 6.45) is 0. The maximum atomic E-state index is 10.4. The second-order valence-electron chi connectivity index (χ2n) is 3.27. The Morgan fingerprint density at radius 1 is 1.11 bits per heavy atom. The third kappa shape index (κ3) is 6.78. The minimum absolute atomic E-state index is 0.00697. The molecule has 1 atom stereocenters. The first-order chi connectivity index (χ1) is 9.09. The number of hydrogen-bond acceptors (Lipinski definition) is 7. The van der Waals surface area contributed by atoms with Crippen LogP contribution in [0.3, 0.4) is 0 Å². The van der Waals surface area contributed by atoms with Crippen molar-refractivity contribution >= 4 is 13.9 Å². The summed E-state index contributed by atoms with van der Waals surface area (Å²) in [7, 11) is -2.84. The van der Waals surface area contributed by atoms with Gasteiger partial charge in [-0.25, -0.2) is 0 Å². The van der Waals surface area contributed by atoms with E-state index in [0.717, 1.165) is 0 Å². The van der Waals surface area contributed by atoms with Gasteiger partial charge in [0.1, 0.15) is 19.0 Å². The Balaban J connectivity index is 2.12. The van der Waals surface area contributed by atoms with Crippen LogP contribution in [0, 0.1) is 10.1 Å². The van der Waals surface area contributed by atoms with Crippen molar-refractivity contribution in [2.24, 2.45) is 0 Å². The monoisotopic (exact) mass is 289 g/mol. The Morgan fingerprint density at radius 3 is 2.32 bits per heavy atom. The molecule has 0 spiro atoms. The number of hydrogen-bond donors (Lipinski definition) is 0. The zero-order valence-electron chi connectivity index (χ0n) is 9.89.